The molecule has 0 aliphatic heterocycles. The van der Waals surface area contributed by atoms with Gasteiger partial charge in [0.2, 0.25) is 0 Å². The Hall–Kier alpha value is -3.44. The third-order valence-corrected chi connectivity index (χ3v) is 5.60. The maximum absolute atomic E-state index is 13.1. The third kappa shape index (κ3) is 4.20. The standard InChI is InChI=1S/C24H20N2O2S/c1-26(16-17-12-13-18-7-2-3-8-19(18)15-17)24(28)20-9-4-5-10-21(20)25-23(27)22-11-6-14-29-22/h2-15H,16H2,1H3,(H,25,27). The van der Waals surface area contributed by atoms with E-state index >= 15 is 0 Å². The second-order valence-corrected chi connectivity index (χ2v) is 7.77. The maximum atomic E-state index is 13.1. The Bertz CT molecular complexity index is 1170. The number of amides is 2. The van der Waals surface area contributed by atoms with Gasteiger partial charge in [-0.25, -0.2) is 0 Å². The lowest BCUT2D eigenvalue weighted by molar-refractivity contribution is 0.0786. The van der Waals surface area contributed by atoms with Crippen LogP contribution in [0.2, 0.25) is 0 Å². The van der Waals surface area contributed by atoms with Crippen LogP contribution in [0.4, 0.5) is 5.69 Å². The highest BCUT2D eigenvalue weighted by atomic mass is 32.1. The Morgan fingerprint density at radius 1 is 0.897 bits per heavy atom. The van der Waals surface area contributed by atoms with Gasteiger partial charge in [-0.15, -0.1) is 11.3 Å². The minimum Gasteiger partial charge on any atom is -0.337 e. The van der Waals surface area contributed by atoms with E-state index in [2.05, 4.69) is 29.6 Å². The number of benzene rings is 3. The molecule has 1 N–H and O–H groups in total. The zero-order valence-electron chi connectivity index (χ0n) is 16.0. The van der Waals surface area contributed by atoms with Crippen LogP contribution in [0.1, 0.15) is 25.6 Å². The summed E-state index contributed by atoms with van der Waals surface area (Å²) in [5, 5.41) is 7.03. The van der Waals surface area contributed by atoms with Crippen LogP contribution in [0, 0.1) is 0 Å². The van der Waals surface area contributed by atoms with Gasteiger partial charge in [-0.2, -0.15) is 0 Å². The van der Waals surface area contributed by atoms with Crippen molar-refractivity contribution in [1.82, 2.24) is 4.90 Å². The van der Waals surface area contributed by atoms with Gasteiger partial charge in [0.05, 0.1) is 16.1 Å². The Balaban J connectivity index is 1.53. The largest absolute Gasteiger partial charge is 0.337 e. The monoisotopic (exact) mass is 400 g/mol. The summed E-state index contributed by atoms with van der Waals surface area (Å²) in [4.78, 5) is 27.8. The number of fused-ring (bicyclic) bond motifs is 1. The molecule has 2 amide bonds. The van der Waals surface area contributed by atoms with Crippen LogP contribution in [0.3, 0.4) is 0 Å². The number of para-hydroxylation sites is 1. The number of rotatable bonds is 5. The van der Waals surface area contributed by atoms with Crippen molar-refractivity contribution in [3.63, 3.8) is 0 Å². The SMILES string of the molecule is CN(Cc1ccc2ccccc2c1)C(=O)c1ccccc1NC(=O)c1cccs1. The molecule has 29 heavy (non-hydrogen) atoms. The van der Waals surface area contributed by atoms with Crippen molar-refractivity contribution >= 4 is 39.6 Å². The molecule has 0 radical (unpaired) electrons. The van der Waals surface area contributed by atoms with Gasteiger partial charge in [0.15, 0.2) is 0 Å². The number of hydrogen-bond donors (Lipinski definition) is 1. The maximum Gasteiger partial charge on any atom is 0.265 e. The first-order valence-corrected chi connectivity index (χ1v) is 10.2. The quantitative estimate of drug-likeness (QED) is 0.486. The average Bonchev–Trinajstić information content (AvgIpc) is 3.29. The molecular weight excluding hydrogens is 380 g/mol. The highest BCUT2D eigenvalue weighted by Gasteiger charge is 2.18. The highest BCUT2D eigenvalue weighted by molar-refractivity contribution is 7.12. The molecule has 144 valence electrons. The molecule has 3 aromatic carbocycles. The van der Waals surface area contributed by atoms with E-state index in [0.29, 0.717) is 22.7 Å². The topological polar surface area (TPSA) is 49.4 Å². The molecule has 4 nitrogen and oxygen atoms in total. The third-order valence-electron chi connectivity index (χ3n) is 4.73. The number of anilines is 1. The molecule has 0 atom stereocenters. The van der Waals surface area contributed by atoms with Gasteiger partial charge in [-0.3, -0.25) is 9.59 Å². The van der Waals surface area contributed by atoms with E-state index in [4.69, 9.17) is 0 Å². The number of nitrogens with one attached hydrogen (secondary N) is 1. The fourth-order valence-corrected chi connectivity index (χ4v) is 3.88. The van der Waals surface area contributed by atoms with Gasteiger partial charge in [-0.1, -0.05) is 54.6 Å². The van der Waals surface area contributed by atoms with E-state index in [0.717, 1.165) is 10.9 Å². The van der Waals surface area contributed by atoms with E-state index in [1.165, 1.54) is 16.7 Å². The minimum absolute atomic E-state index is 0.139. The van der Waals surface area contributed by atoms with Gasteiger partial charge in [0.1, 0.15) is 0 Å². The molecular formula is C24H20N2O2S. The van der Waals surface area contributed by atoms with Crippen molar-refractivity contribution in [2.75, 3.05) is 12.4 Å². The van der Waals surface area contributed by atoms with Crippen molar-refractivity contribution in [3.05, 3.63) is 100 Å². The normalized spacial score (nSPS) is 10.7. The molecule has 0 spiro atoms. The summed E-state index contributed by atoms with van der Waals surface area (Å²) >= 11 is 1.37. The van der Waals surface area contributed by atoms with Crippen LogP contribution in [0.5, 0.6) is 0 Å². The van der Waals surface area contributed by atoms with E-state index in [1.54, 1.807) is 36.2 Å². The van der Waals surface area contributed by atoms with Crippen LogP contribution in [-0.2, 0) is 6.54 Å². The van der Waals surface area contributed by atoms with Crippen LogP contribution in [0.15, 0.2) is 84.2 Å². The summed E-state index contributed by atoms with van der Waals surface area (Å²) in [5.74, 6) is -0.349. The lowest BCUT2D eigenvalue weighted by Gasteiger charge is -2.19. The van der Waals surface area contributed by atoms with Crippen molar-refractivity contribution in [2.45, 2.75) is 6.54 Å². The predicted octanol–water partition coefficient (Wildman–Crippen LogP) is 5.43. The van der Waals surface area contributed by atoms with Crippen molar-refractivity contribution in [2.24, 2.45) is 0 Å². The lowest BCUT2D eigenvalue weighted by atomic mass is 10.1. The average molecular weight is 401 g/mol. The summed E-state index contributed by atoms with van der Waals surface area (Å²) in [6, 6.07) is 25.1. The molecule has 0 saturated carbocycles. The first-order valence-electron chi connectivity index (χ1n) is 9.29. The summed E-state index contributed by atoms with van der Waals surface area (Å²) in [7, 11) is 1.77. The van der Waals surface area contributed by atoms with Gasteiger partial charge >= 0.3 is 0 Å². The molecule has 0 aliphatic carbocycles. The molecule has 0 saturated heterocycles. The molecule has 1 heterocycles. The Morgan fingerprint density at radius 3 is 2.45 bits per heavy atom. The molecule has 0 unspecified atom stereocenters. The van der Waals surface area contributed by atoms with E-state index < -0.39 is 0 Å². The molecule has 5 heteroatoms. The van der Waals surface area contributed by atoms with Gasteiger partial charge in [-0.05, 0) is 46.0 Å². The van der Waals surface area contributed by atoms with E-state index in [-0.39, 0.29) is 11.8 Å². The fourth-order valence-electron chi connectivity index (χ4n) is 3.26. The summed E-state index contributed by atoms with van der Waals surface area (Å²) < 4.78 is 0. The molecule has 0 aliphatic rings. The van der Waals surface area contributed by atoms with Crippen LogP contribution in [-0.4, -0.2) is 23.8 Å². The Labute approximate surface area is 173 Å². The van der Waals surface area contributed by atoms with Crippen LogP contribution >= 0.6 is 11.3 Å². The first-order chi connectivity index (χ1) is 14.1. The van der Waals surface area contributed by atoms with Crippen molar-refractivity contribution in [1.29, 1.82) is 0 Å². The summed E-state index contributed by atoms with van der Waals surface area (Å²) in [6.45, 7) is 0.483. The van der Waals surface area contributed by atoms with Gasteiger partial charge in [0.25, 0.3) is 11.8 Å². The van der Waals surface area contributed by atoms with Crippen LogP contribution < -0.4 is 5.32 Å². The Kier molecular flexibility index (Phi) is 5.40. The molecule has 0 bridgehead atoms. The second kappa shape index (κ2) is 8.29. The molecule has 4 rings (SSSR count). The minimum atomic E-state index is -0.211. The molecule has 4 aromatic rings. The Morgan fingerprint density at radius 2 is 1.66 bits per heavy atom. The molecule has 0 fully saturated rings. The number of thiophene rings is 1. The zero-order chi connectivity index (χ0) is 20.2. The van der Waals surface area contributed by atoms with E-state index in [9.17, 15) is 9.59 Å². The number of nitrogens with zero attached hydrogens (tertiary/aromatic N) is 1. The second-order valence-electron chi connectivity index (χ2n) is 6.82. The summed E-state index contributed by atoms with van der Waals surface area (Å²) in [6.07, 6.45) is 0. The lowest BCUT2D eigenvalue weighted by Crippen LogP contribution is -2.27. The first kappa shape index (κ1) is 18.9. The summed E-state index contributed by atoms with van der Waals surface area (Å²) in [5.41, 5.74) is 2.04. The zero-order valence-corrected chi connectivity index (χ0v) is 16.8. The predicted molar refractivity (Wildman–Crippen MR) is 118 cm³/mol. The highest BCUT2D eigenvalue weighted by Crippen LogP contribution is 2.21. The number of carbonyl (C=O) groups is 2. The number of carbonyl (C=O) groups excluding carboxylic acids is 2. The smallest absolute Gasteiger partial charge is 0.265 e. The number of hydrogen-bond acceptors (Lipinski definition) is 3. The van der Waals surface area contributed by atoms with Gasteiger partial charge in [0, 0.05) is 13.6 Å². The van der Waals surface area contributed by atoms with Gasteiger partial charge < -0.3 is 10.2 Å². The molecule has 1 aromatic heterocycles. The fraction of sp³-hybridized carbons (Fsp3) is 0.0833. The van der Waals surface area contributed by atoms with Crippen molar-refractivity contribution in [3.8, 4) is 0 Å². The van der Waals surface area contributed by atoms with Crippen molar-refractivity contribution < 1.29 is 9.59 Å². The van der Waals surface area contributed by atoms with Crippen LogP contribution in [0.25, 0.3) is 10.8 Å². The van der Waals surface area contributed by atoms with E-state index in [1.807, 2.05) is 35.7 Å².